The van der Waals surface area contributed by atoms with E-state index in [1.807, 2.05) is 74.5 Å². The van der Waals surface area contributed by atoms with Crippen LogP contribution in [0.2, 0.25) is 5.02 Å². The SMILES string of the molecule is CC(C)NC(=O)C(Cc1ccccc1)N(Cc1ccccc1)C(=O)CSCc1c(F)cccc1Cl. The molecular weight excluding hydrogens is 483 g/mol. The van der Waals surface area contributed by atoms with Gasteiger partial charge >= 0.3 is 0 Å². The Balaban J connectivity index is 1.84. The van der Waals surface area contributed by atoms with Crippen molar-refractivity contribution < 1.29 is 14.0 Å². The van der Waals surface area contributed by atoms with Gasteiger partial charge in [-0.2, -0.15) is 0 Å². The molecule has 0 fully saturated rings. The fourth-order valence-electron chi connectivity index (χ4n) is 3.71. The molecule has 0 aromatic heterocycles. The van der Waals surface area contributed by atoms with Gasteiger partial charge in [-0.05, 0) is 37.1 Å². The van der Waals surface area contributed by atoms with Crippen LogP contribution in [0.3, 0.4) is 0 Å². The van der Waals surface area contributed by atoms with E-state index in [1.165, 1.54) is 17.8 Å². The highest BCUT2D eigenvalue weighted by Gasteiger charge is 2.30. The topological polar surface area (TPSA) is 49.4 Å². The second kappa shape index (κ2) is 13.3. The molecule has 3 rings (SSSR count). The molecule has 0 bridgehead atoms. The molecule has 0 aliphatic carbocycles. The van der Waals surface area contributed by atoms with Crippen LogP contribution in [0, 0.1) is 5.82 Å². The molecule has 0 saturated carbocycles. The third-order valence-electron chi connectivity index (χ3n) is 5.43. The average molecular weight is 513 g/mol. The Morgan fingerprint density at radius 3 is 2.17 bits per heavy atom. The van der Waals surface area contributed by atoms with Crippen molar-refractivity contribution in [2.75, 3.05) is 5.75 Å². The van der Waals surface area contributed by atoms with Gasteiger partial charge in [0, 0.05) is 35.3 Å². The fraction of sp³-hybridized carbons (Fsp3) is 0.286. The lowest BCUT2D eigenvalue weighted by atomic mass is 10.0. The summed E-state index contributed by atoms with van der Waals surface area (Å²) in [6.45, 7) is 4.09. The molecule has 3 aromatic carbocycles. The molecule has 0 radical (unpaired) electrons. The predicted molar refractivity (Wildman–Crippen MR) is 142 cm³/mol. The highest BCUT2D eigenvalue weighted by Crippen LogP contribution is 2.25. The Bertz CT molecular complexity index is 1090. The van der Waals surface area contributed by atoms with E-state index in [0.29, 0.717) is 23.6 Å². The summed E-state index contributed by atoms with van der Waals surface area (Å²) in [7, 11) is 0. The predicted octanol–water partition coefficient (Wildman–Crippen LogP) is 5.88. The van der Waals surface area contributed by atoms with Crippen molar-refractivity contribution in [2.45, 2.75) is 44.6 Å². The Labute approximate surface area is 215 Å². The van der Waals surface area contributed by atoms with Crippen LogP contribution in [0.5, 0.6) is 0 Å². The van der Waals surface area contributed by atoms with Crippen molar-refractivity contribution in [3.8, 4) is 0 Å². The molecule has 1 N–H and O–H groups in total. The van der Waals surface area contributed by atoms with Gasteiger partial charge in [-0.1, -0.05) is 78.3 Å². The monoisotopic (exact) mass is 512 g/mol. The van der Waals surface area contributed by atoms with Crippen LogP contribution in [-0.2, 0) is 28.3 Å². The zero-order valence-corrected chi connectivity index (χ0v) is 21.5. The van der Waals surface area contributed by atoms with E-state index in [1.54, 1.807) is 17.0 Å². The molecule has 1 unspecified atom stereocenters. The van der Waals surface area contributed by atoms with Gasteiger partial charge in [0.15, 0.2) is 0 Å². The molecule has 3 aromatic rings. The van der Waals surface area contributed by atoms with Crippen molar-refractivity contribution >= 4 is 35.2 Å². The molecule has 7 heteroatoms. The van der Waals surface area contributed by atoms with E-state index < -0.39 is 11.9 Å². The van der Waals surface area contributed by atoms with Gasteiger partial charge in [0.25, 0.3) is 0 Å². The van der Waals surface area contributed by atoms with E-state index in [-0.39, 0.29) is 29.4 Å². The number of halogens is 2. The molecule has 35 heavy (non-hydrogen) atoms. The smallest absolute Gasteiger partial charge is 0.243 e. The summed E-state index contributed by atoms with van der Waals surface area (Å²) >= 11 is 7.43. The molecule has 184 valence electrons. The molecule has 1 atom stereocenters. The quantitative estimate of drug-likeness (QED) is 0.349. The Kier molecular flexibility index (Phi) is 10.2. The second-order valence-electron chi connectivity index (χ2n) is 8.57. The number of carbonyl (C=O) groups is 2. The highest BCUT2D eigenvalue weighted by atomic mass is 35.5. The summed E-state index contributed by atoms with van der Waals surface area (Å²) in [5.74, 6) is -0.423. The summed E-state index contributed by atoms with van der Waals surface area (Å²) in [5.41, 5.74) is 2.27. The van der Waals surface area contributed by atoms with Gasteiger partial charge < -0.3 is 10.2 Å². The summed E-state index contributed by atoms with van der Waals surface area (Å²) in [6, 6.07) is 23.1. The van der Waals surface area contributed by atoms with Crippen molar-refractivity contribution in [1.29, 1.82) is 0 Å². The zero-order chi connectivity index (χ0) is 25.2. The normalized spacial score (nSPS) is 11.8. The zero-order valence-electron chi connectivity index (χ0n) is 19.9. The lowest BCUT2D eigenvalue weighted by molar-refractivity contribution is -0.139. The van der Waals surface area contributed by atoms with E-state index in [0.717, 1.165) is 11.1 Å². The van der Waals surface area contributed by atoms with Gasteiger partial charge in [-0.15, -0.1) is 11.8 Å². The third-order valence-corrected chi connectivity index (χ3v) is 6.73. The summed E-state index contributed by atoms with van der Waals surface area (Å²) in [5, 5.41) is 3.31. The molecule has 2 amide bonds. The van der Waals surface area contributed by atoms with Crippen LogP contribution >= 0.6 is 23.4 Å². The number of hydrogen-bond acceptors (Lipinski definition) is 3. The van der Waals surface area contributed by atoms with E-state index in [4.69, 9.17) is 11.6 Å². The number of thioether (sulfide) groups is 1. The first-order valence-corrected chi connectivity index (χ1v) is 13.1. The standard InChI is InChI=1S/C28H30ClFN2O2S/c1-20(2)31-28(34)26(16-21-10-5-3-6-11-21)32(17-22-12-7-4-8-13-22)27(33)19-35-18-23-24(29)14-9-15-25(23)30/h3-15,20,26H,16-19H2,1-2H3,(H,31,34). The van der Waals surface area contributed by atoms with Crippen LogP contribution in [-0.4, -0.2) is 34.6 Å². The van der Waals surface area contributed by atoms with Crippen LogP contribution in [0.25, 0.3) is 0 Å². The second-order valence-corrected chi connectivity index (χ2v) is 9.96. The minimum Gasteiger partial charge on any atom is -0.352 e. The summed E-state index contributed by atoms with van der Waals surface area (Å²) < 4.78 is 14.2. The third kappa shape index (κ3) is 8.11. The minimum atomic E-state index is -0.690. The van der Waals surface area contributed by atoms with Gasteiger partial charge in [0.1, 0.15) is 11.9 Å². The van der Waals surface area contributed by atoms with Gasteiger partial charge in [0.05, 0.1) is 5.75 Å². The van der Waals surface area contributed by atoms with Crippen LogP contribution in [0.1, 0.15) is 30.5 Å². The van der Waals surface area contributed by atoms with Crippen molar-refractivity contribution in [2.24, 2.45) is 0 Å². The lowest BCUT2D eigenvalue weighted by Gasteiger charge is -2.32. The summed E-state index contributed by atoms with van der Waals surface area (Å²) in [4.78, 5) is 28.5. The van der Waals surface area contributed by atoms with E-state index >= 15 is 0 Å². The number of carbonyl (C=O) groups excluding carboxylic acids is 2. The number of rotatable bonds is 11. The molecular formula is C28H30ClFN2O2S. The maximum atomic E-state index is 14.2. The number of amides is 2. The lowest BCUT2D eigenvalue weighted by Crippen LogP contribution is -2.52. The molecule has 0 heterocycles. The fourth-order valence-corrected chi connectivity index (χ4v) is 4.96. The van der Waals surface area contributed by atoms with Crippen LogP contribution in [0.15, 0.2) is 78.9 Å². The Morgan fingerprint density at radius 1 is 0.943 bits per heavy atom. The van der Waals surface area contributed by atoms with Gasteiger partial charge in [-0.25, -0.2) is 4.39 Å². The molecule has 0 aliphatic heterocycles. The number of nitrogens with zero attached hydrogens (tertiary/aromatic N) is 1. The van der Waals surface area contributed by atoms with E-state index in [9.17, 15) is 14.0 Å². The Hall–Kier alpha value is -2.83. The van der Waals surface area contributed by atoms with Gasteiger partial charge in [0.2, 0.25) is 11.8 Å². The first-order chi connectivity index (χ1) is 16.8. The largest absolute Gasteiger partial charge is 0.352 e. The first-order valence-electron chi connectivity index (χ1n) is 11.5. The maximum Gasteiger partial charge on any atom is 0.243 e. The van der Waals surface area contributed by atoms with E-state index in [2.05, 4.69) is 5.32 Å². The molecule has 0 saturated heterocycles. The van der Waals surface area contributed by atoms with Crippen molar-refractivity contribution in [3.63, 3.8) is 0 Å². The Morgan fingerprint density at radius 2 is 1.57 bits per heavy atom. The van der Waals surface area contributed by atoms with Crippen molar-refractivity contribution in [3.05, 3.63) is 106 Å². The highest BCUT2D eigenvalue weighted by molar-refractivity contribution is 7.99. The van der Waals surface area contributed by atoms with Crippen LogP contribution in [0.4, 0.5) is 4.39 Å². The van der Waals surface area contributed by atoms with Crippen LogP contribution < -0.4 is 5.32 Å². The number of nitrogens with one attached hydrogen (secondary N) is 1. The summed E-state index contributed by atoms with van der Waals surface area (Å²) in [6.07, 6.45) is 0.391. The molecule has 0 spiro atoms. The first kappa shape index (κ1) is 26.8. The van der Waals surface area contributed by atoms with Gasteiger partial charge in [-0.3, -0.25) is 9.59 Å². The average Bonchev–Trinajstić information content (AvgIpc) is 2.84. The number of hydrogen-bond donors (Lipinski definition) is 1. The maximum absolute atomic E-state index is 14.2. The molecule has 4 nitrogen and oxygen atoms in total. The minimum absolute atomic E-state index is 0.0629. The molecule has 0 aliphatic rings. The van der Waals surface area contributed by atoms with Crippen molar-refractivity contribution in [1.82, 2.24) is 10.2 Å². The number of benzene rings is 3.